The molecule has 4 aromatic rings. The summed E-state index contributed by atoms with van der Waals surface area (Å²) in [6.07, 6.45) is 0. The van der Waals surface area contributed by atoms with Gasteiger partial charge in [0.15, 0.2) is 11.5 Å². The number of fused-ring (bicyclic) bond motifs is 1. The van der Waals surface area contributed by atoms with Crippen molar-refractivity contribution in [1.29, 1.82) is 0 Å². The molecule has 9 heteroatoms. The molecule has 0 unspecified atom stereocenters. The molecule has 0 aliphatic heterocycles. The standard InChI is InChI=1S/C23H20BrClFN3O3/c1-2-31-21-9-13(11-27-14-6-7-19-20(10-14)29-23(30)28-19)8-16(24)22(21)32-12-15-17(25)4-3-5-18(15)26/h3-10,27H,2,11-12H2,1H3,(H2,28,29,30). The van der Waals surface area contributed by atoms with E-state index in [0.29, 0.717) is 34.1 Å². The summed E-state index contributed by atoms with van der Waals surface area (Å²) in [5.74, 6) is 0.589. The number of halogens is 3. The zero-order valence-corrected chi connectivity index (χ0v) is 19.4. The molecule has 4 rings (SSSR count). The number of aromatic amines is 2. The number of rotatable bonds is 8. The van der Waals surface area contributed by atoms with Crippen LogP contribution in [0.25, 0.3) is 11.0 Å². The number of hydrogen-bond acceptors (Lipinski definition) is 4. The SMILES string of the molecule is CCOc1cc(CNc2ccc3[nH]c(=O)[nH]c3c2)cc(Br)c1OCc1c(F)cccc1Cl. The van der Waals surface area contributed by atoms with Gasteiger partial charge < -0.3 is 24.8 Å². The van der Waals surface area contributed by atoms with Gasteiger partial charge in [-0.05, 0) is 70.9 Å². The lowest BCUT2D eigenvalue weighted by Gasteiger charge is -2.17. The average molecular weight is 521 g/mol. The minimum Gasteiger partial charge on any atom is -0.490 e. The van der Waals surface area contributed by atoms with E-state index >= 15 is 0 Å². The van der Waals surface area contributed by atoms with Crippen LogP contribution in [0.1, 0.15) is 18.1 Å². The lowest BCUT2D eigenvalue weighted by molar-refractivity contribution is 0.264. The topological polar surface area (TPSA) is 79.1 Å². The zero-order valence-electron chi connectivity index (χ0n) is 17.1. The lowest BCUT2D eigenvalue weighted by atomic mass is 10.2. The summed E-state index contributed by atoms with van der Waals surface area (Å²) in [5, 5.41) is 3.64. The summed E-state index contributed by atoms with van der Waals surface area (Å²) in [4.78, 5) is 16.9. The third-order valence-electron chi connectivity index (χ3n) is 4.80. The minimum absolute atomic E-state index is 0.0311. The molecule has 0 aliphatic rings. The van der Waals surface area contributed by atoms with Gasteiger partial charge in [-0.3, -0.25) is 0 Å². The highest BCUT2D eigenvalue weighted by Crippen LogP contribution is 2.38. The summed E-state index contributed by atoms with van der Waals surface area (Å²) in [6.45, 7) is 2.80. The van der Waals surface area contributed by atoms with Gasteiger partial charge >= 0.3 is 5.69 Å². The van der Waals surface area contributed by atoms with Crippen molar-refractivity contribution in [3.8, 4) is 11.5 Å². The molecule has 0 spiro atoms. The van der Waals surface area contributed by atoms with Crippen molar-refractivity contribution in [2.75, 3.05) is 11.9 Å². The Balaban J connectivity index is 1.52. The Kier molecular flexibility index (Phi) is 6.72. The second-order valence-corrected chi connectivity index (χ2v) is 8.28. The molecule has 3 aromatic carbocycles. The first-order chi connectivity index (χ1) is 15.4. The highest BCUT2D eigenvalue weighted by atomic mass is 79.9. The molecule has 3 N–H and O–H groups in total. The number of nitrogens with one attached hydrogen (secondary N) is 3. The Hall–Kier alpha value is -2.97. The Bertz CT molecular complexity index is 1300. The van der Waals surface area contributed by atoms with Crippen LogP contribution < -0.4 is 20.5 Å². The van der Waals surface area contributed by atoms with Crippen LogP contribution in [-0.2, 0) is 13.2 Å². The van der Waals surface area contributed by atoms with Crippen LogP contribution in [0.2, 0.25) is 5.02 Å². The van der Waals surface area contributed by atoms with Crippen molar-refractivity contribution in [3.63, 3.8) is 0 Å². The summed E-state index contributed by atoms with van der Waals surface area (Å²) in [6, 6.07) is 13.9. The number of H-pyrrole nitrogens is 2. The van der Waals surface area contributed by atoms with E-state index in [0.717, 1.165) is 22.3 Å². The van der Waals surface area contributed by atoms with Gasteiger partial charge in [0, 0.05) is 17.8 Å². The summed E-state index contributed by atoms with van der Waals surface area (Å²) < 4.78 is 26.4. The molecule has 0 saturated heterocycles. The molecule has 0 radical (unpaired) electrons. The van der Waals surface area contributed by atoms with Crippen molar-refractivity contribution in [2.24, 2.45) is 0 Å². The maximum absolute atomic E-state index is 14.1. The smallest absolute Gasteiger partial charge is 0.323 e. The molecule has 0 atom stereocenters. The van der Waals surface area contributed by atoms with Gasteiger partial charge in [-0.2, -0.15) is 0 Å². The Labute approximate surface area is 196 Å². The van der Waals surface area contributed by atoms with Crippen LogP contribution in [0.3, 0.4) is 0 Å². The maximum atomic E-state index is 14.1. The first kappa shape index (κ1) is 22.2. The van der Waals surface area contributed by atoms with Crippen LogP contribution in [0.5, 0.6) is 11.5 Å². The summed E-state index contributed by atoms with van der Waals surface area (Å²) in [5.41, 5.74) is 3.32. The summed E-state index contributed by atoms with van der Waals surface area (Å²) in [7, 11) is 0. The van der Waals surface area contributed by atoms with Crippen molar-refractivity contribution < 1.29 is 13.9 Å². The highest BCUT2D eigenvalue weighted by Gasteiger charge is 2.15. The summed E-state index contributed by atoms with van der Waals surface area (Å²) >= 11 is 9.64. The molecule has 166 valence electrons. The quantitative estimate of drug-likeness (QED) is 0.266. The maximum Gasteiger partial charge on any atom is 0.323 e. The van der Waals surface area contributed by atoms with Gasteiger partial charge in [0.2, 0.25) is 0 Å². The number of hydrogen-bond donors (Lipinski definition) is 3. The van der Waals surface area contributed by atoms with E-state index in [2.05, 4.69) is 31.2 Å². The number of anilines is 1. The largest absolute Gasteiger partial charge is 0.490 e. The lowest BCUT2D eigenvalue weighted by Crippen LogP contribution is -2.05. The second-order valence-electron chi connectivity index (χ2n) is 7.02. The molecule has 1 aromatic heterocycles. The number of imidazole rings is 1. The van der Waals surface area contributed by atoms with Gasteiger partial charge in [0.25, 0.3) is 0 Å². The predicted molar refractivity (Wildman–Crippen MR) is 127 cm³/mol. The van der Waals surface area contributed by atoms with Crippen LogP contribution >= 0.6 is 27.5 Å². The van der Waals surface area contributed by atoms with Crippen LogP contribution in [-0.4, -0.2) is 16.6 Å². The molecular weight excluding hydrogens is 501 g/mol. The van der Waals surface area contributed by atoms with E-state index in [4.69, 9.17) is 21.1 Å². The third kappa shape index (κ3) is 4.92. The molecule has 0 fully saturated rings. The van der Waals surface area contributed by atoms with E-state index in [1.165, 1.54) is 6.07 Å². The van der Waals surface area contributed by atoms with Gasteiger partial charge in [-0.15, -0.1) is 0 Å². The van der Waals surface area contributed by atoms with Crippen molar-refractivity contribution in [2.45, 2.75) is 20.1 Å². The number of ether oxygens (including phenoxy) is 2. The van der Waals surface area contributed by atoms with Crippen LogP contribution in [0, 0.1) is 5.82 Å². The normalized spacial score (nSPS) is 11.0. The second kappa shape index (κ2) is 9.67. The molecule has 6 nitrogen and oxygen atoms in total. The van der Waals surface area contributed by atoms with E-state index < -0.39 is 5.82 Å². The van der Waals surface area contributed by atoms with Crippen LogP contribution in [0.4, 0.5) is 10.1 Å². The van der Waals surface area contributed by atoms with Crippen molar-refractivity contribution >= 4 is 44.3 Å². The first-order valence-corrected chi connectivity index (χ1v) is 11.1. The first-order valence-electron chi connectivity index (χ1n) is 9.91. The zero-order chi connectivity index (χ0) is 22.7. The number of aromatic nitrogens is 2. The highest BCUT2D eigenvalue weighted by molar-refractivity contribution is 9.10. The third-order valence-corrected chi connectivity index (χ3v) is 5.75. The fraction of sp³-hybridized carbons (Fsp3) is 0.174. The molecule has 0 bridgehead atoms. The molecule has 32 heavy (non-hydrogen) atoms. The van der Waals surface area contributed by atoms with Crippen molar-refractivity contribution in [1.82, 2.24) is 9.97 Å². The Morgan fingerprint density at radius 3 is 2.69 bits per heavy atom. The Morgan fingerprint density at radius 2 is 1.91 bits per heavy atom. The van der Waals surface area contributed by atoms with E-state index in [-0.39, 0.29) is 17.9 Å². The average Bonchev–Trinajstić information content (AvgIpc) is 3.13. The molecule has 0 saturated carbocycles. The van der Waals surface area contributed by atoms with Gasteiger partial charge in [-0.25, -0.2) is 9.18 Å². The van der Waals surface area contributed by atoms with Gasteiger partial charge in [0.05, 0.1) is 27.1 Å². The van der Waals surface area contributed by atoms with E-state index in [1.807, 2.05) is 37.3 Å². The van der Waals surface area contributed by atoms with E-state index in [9.17, 15) is 9.18 Å². The van der Waals surface area contributed by atoms with Crippen LogP contribution in [0.15, 0.2) is 57.8 Å². The molecule has 0 aliphatic carbocycles. The van der Waals surface area contributed by atoms with Gasteiger partial charge in [-0.1, -0.05) is 17.7 Å². The van der Waals surface area contributed by atoms with Gasteiger partial charge in [0.1, 0.15) is 12.4 Å². The van der Waals surface area contributed by atoms with Crippen molar-refractivity contribution in [3.05, 3.63) is 85.5 Å². The fourth-order valence-electron chi connectivity index (χ4n) is 3.29. The number of benzene rings is 3. The molecule has 0 amide bonds. The Morgan fingerprint density at radius 1 is 1.09 bits per heavy atom. The monoisotopic (exact) mass is 519 g/mol. The predicted octanol–water partition coefficient (Wildman–Crippen LogP) is 6.00. The van der Waals surface area contributed by atoms with E-state index in [1.54, 1.807) is 12.1 Å². The fourth-order valence-corrected chi connectivity index (χ4v) is 4.11. The minimum atomic E-state index is -0.423. The molecular formula is C23H20BrClFN3O3. The molecule has 1 heterocycles.